The van der Waals surface area contributed by atoms with Gasteiger partial charge in [-0.15, -0.1) is 0 Å². The molecule has 0 fully saturated rings. The lowest BCUT2D eigenvalue weighted by atomic mass is 10.1. The van der Waals surface area contributed by atoms with E-state index in [0.29, 0.717) is 24.2 Å². The van der Waals surface area contributed by atoms with E-state index in [2.05, 4.69) is 10.5 Å². The van der Waals surface area contributed by atoms with Gasteiger partial charge in [0.1, 0.15) is 17.2 Å². The number of nitrogens with one attached hydrogen (secondary N) is 1. The number of aromatic hydroxyl groups is 1. The number of nitrogens with zero attached hydrogens (tertiary/aromatic N) is 1. The minimum Gasteiger partial charge on any atom is -0.508 e. The Hall–Kier alpha value is -3.02. The lowest BCUT2D eigenvalue weighted by Crippen LogP contribution is -2.17. The summed E-state index contributed by atoms with van der Waals surface area (Å²) in [6.45, 7) is 0. The summed E-state index contributed by atoms with van der Waals surface area (Å²) in [4.78, 5) is 11.8. The van der Waals surface area contributed by atoms with Crippen molar-refractivity contribution in [1.82, 2.24) is 5.43 Å². The van der Waals surface area contributed by atoms with Crippen LogP contribution in [0.5, 0.6) is 17.2 Å². The van der Waals surface area contributed by atoms with Gasteiger partial charge < -0.3 is 14.6 Å². The maximum absolute atomic E-state index is 11.8. The van der Waals surface area contributed by atoms with Gasteiger partial charge in [-0.25, -0.2) is 5.43 Å². The average molecular weight is 328 g/mol. The fourth-order valence-electron chi connectivity index (χ4n) is 2.12. The lowest BCUT2D eigenvalue weighted by Gasteiger charge is -2.05. The van der Waals surface area contributed by atoms with E-state index in [4.69, 9.17) is 9.47 Å². The molecule has 2 aromatic rings. The molecule has 6 nitrogen and oxygen atoms in total. The highest BCUT2D eigenvalue weighted by Gasteiger charge is 2.04. The predicted molar refractivity (Wildman–Crippen MR) is 91.7 cm³/mol. The first kappa shape index (κ1) is 17.3. The second-order valence-electron chi connectivity index (χ2n) is 5.07. The number of hydrazone groups is 1. The van der Waals surface area contributed by atoms with Crippen molar-refractivity contribution >= 4 is 12.1 Å². The molecule has 24 heavy (non-hydrogen) atoms. The molecule has 0 saturated heterocycles. The van der Waals surface area contributed by atoms with Crippen LogP contribution in [0.25, 0.3) is 0 Å². The maximum atomic E-state index is 11.8. The lowest BCUT2D eigenvalue weighted by molar-refractivity contribution is -0.121. The Labute approximate surface area is 140 Å². The zero-order valence-corrected chi connectivity index (χ0v) is 13.7. The zero-order valence-electron chi connectivity index (χ0n) is 13.7. The van der Waals surface area contributed by atoms with Crippen molar-refractivity contribution in [2.45, 2.75) is 12.8 Å². The molecule has 0 aromatic heterocycles. The van der Waals surface area contributed by atoms with Gasteiger partial charge in [0.15, 0.2) is 0 Å². The van der Waals surface area contributed by atoms with Gasteiger partial charge in [-0.05, 0) is 36.2 Å². The molecule has 0 aliphatic rings. The van der Waals surface area contributed by atoms with Crippen molar-refractivity contribution in [3.8, 4) is 17.2 Å². The van der Waals surface area contributed by atoms with Crippen molar-refractivity contribution in [1.29, 1.82) is 0 Å². The van der Waals surface area contributed by atoms with E-state index in [9.17, 15) is 9.90 Å². The van der Waals surface area contributed by atoms with Crippen molar-refractivity contribution in [2.24, 2.45) is 5.10 Å². The first-order valence-corrected chi connectivity index (χ1v) is 7.44. The smallest absolute Gasteiger partial charge is 0.240 e. The van der Waals surface area contributed by atoms with Gasteiger partial charge in [0.05, 0.1) is 20.4 Å². The number of benzene rings is 2. The zero-order chi connectivity index (χ0) is 17.4. The molecule has 126 valence electrons. The number of amides is 1. The van der Waals surface area contributed by atoms with E-state index >= 15 is 0 Å². The van der Waals surface area contributed by atoms with Crippen LogP contribution in [0, 0.1) is 0 Å². The fraction of sp³-hybridized carbons (Fsp3) is 0.222. The van der Waals surface area contributed by atoms with Crippen molar-refractivity contribution in [2.75, 3.05) is 14.2 Å². The molecular formula is C18H20N2O4. The highest BCUT2D eigenvalue weighted by atomic mass is 16.5. The van der Waals surface area contributed by atoms with Gasteiger partial charge in [-0.1, -0.05) is 12.1 Å². The summed E-state index contributed by atoms with van der Waals surface area (Å²) < 4.78 is 10.3. The standard InChI is InChI=1S/C18H20N2O4/c1-23-16-5-3-4-13(10-16)6-9-18(22)20-19-12-14-7-8-15(21)11-17(14)24-2/h3-5,7-8,10-12,21H,6,9H2,1-2H3,(H,20,22)/b19-12+. The second kappa shape index (κ2) is 8.57. The third-order valence-electron chi connectivity index (χ3n) is 3.38. The van der Waals surface area contributed by atoms with Crippen LogP contribution in [0.1, 0.15) is 17.5 Å². The molecule has 0 unspecified atom stereocenters. The summed E-state index contributed by atoms with van der Waals surface area (Å²) in [5.74, 6) is 1.16. The molecule has 1 amide bonds. The normalized spacial score (nSPS) is 10.6. The van der Waals surface area contributed by atoms with Gasteiger partial charge in [-0.2, -0.15) is 5.10 Å². The molecule has 0 heterocycles. The molecule has 0 aliphatic heterocycles. The number of methoxy groups -OCH3 is 2. The van der Waals surface area contributed by atoms with E-state index in [1.807, 2.05) is 24.3 Å². The number of carbonyl (C=O) groups excluding carboxylic acids is 1. The summed E-state index contributed by atoms with van der Waals surface area (Å²) in [7, 11) is 3.11. The number of rotatable bonds is 7. The first-order valence-electron chi connectivity index (χ1n) is 7.44. The first-order chi connectivity index (χ1) is 11.6. The Bertz CT molecular complexity index is 729. The highest BCUT2D eigenvalue weighted by molar-refractivity contribution is 5.85. The summed E-state index contributed by atoms with van der Waals surface area (Å²) >= 11 is 0. The Balaban J connectivity index is 1.86. The summed E-state index contributed by atoms with van der Waals surface area (Å²) in [5, 5.41) is 13.3. The van der Waals surface area contributed by atoms with Crippen LogP contribution in [0.3, 0.4) is 0 Å². The maximum Gasteiger partial charge on any atom is 0.240 e. The topological polar surface area (TPSA) is 80.2 Å². The van der Waals surface area contributed by atoms with Crippen molar-refractivity contribution in [3.05, 3.63) is 53.6 Å². The molecular weight excluding hydrogens is 308 g/mol. The fourth-order valence-corrected chi connectivity index (χ4v) is 2.12. The van der Waals surface area contributed by atoms with E-state index in [1.165, 1.54) is 25.5 Å². The summed E-state index contributed by atoms with van der Waals surface area (Å²) in [6.07, 6.45) is 2.39. The van der Waals surface area contributed by atoms with Crippen LogP contribution in [0.4, 0.5) is 0 Å². The largest absolute Gasteiger partial charge is 0.508 e. The molecule has 0 bridgehead atoms. The van der Waals surface area contributed by atoms with E-state index in [0.717, 1.165) is 11.3 Å². The van der Waals surface area contributed by atoms with E-state index in [1.54, 1.807) is 13.2 Å². The number of carbonyl (C=O) groups is 1. The van der Waals surface area contributed by atoms with Gasteiger partial charge in [0, 0.05) is 18.1 Å². The van der Waals surface area contributed by atoms with Gasteiger partial charge in [0.2, 0.25) is 5.91 Å². The van der Waals surface area contributed by atoms with Crippen molar-refractivity contribution < 1.29 is 19.4 Å². The van der Waals surface area contributed by atoms with E-state index < -0.39 is 0 Å². The van der Waals surface area contributed by atoms with Gasteiger partial charge in [-0.3, -0.25) is 4.79 Å². The van der Waals surface area contributed by atoms with Crippen LogP contribution in [0.2, 0.25) is 0 Å². The monoisotopic (exact) mass is 328 g/mol. The Kier molecular flexibility index (Phi) is 6.19. The number of phenolic OH excluding ortho intramolecular Hbond substituents is 1. The number of ether oxygens (including phenoxy) is 2. The predicted octanol–water partition coefficient (Wildman–Crippen LogP) is 2.49. The third-order valence-corrected chi connectivity index (χ3v) is 3.38. The Morgan fingerprint density at radius 2 is 2.04 bits per heavy atom. The summed E-state index contributed by atoms with van der Waals surface area (Å²) in [6, 6.07) is 12.2. The highest BCUT2D eigenvalue weighted by Crippen LogP contribution is 2.22. The number of phenols is 1. The second-order valence-corrected chi connectivity index (χ2v) is 5.07. The Morgan fingerprint density at radius 3 is 2.79 bits per heavy atom. The van der Waals surface area contributed by atoms with Gasteiger partial charge in [0.25, 0.3) is 0 Å². The van der Waals surface area contributed by atoms with Crippen LogP contribution in [-0.2, 0) is 11.2 Å². The van der Waals surface area contributed by atoms with Crippen LogP contribution >= 0.6 is 0 Å². The molecule has 6 heteroatoms. The molecule has 0 radical (unpaired) electrons. The van der Waals surface area contributed by atoms with Crippen LogP contribution in [-0.4, -0.2) is 31.4 Å². The molecule has 0 atom stereocenters. The van der Waals surface area contributed by atoms with E-state index in [-0.39, 0.29) is 11.7 Å². The molecule has 2 aromatic carbocycles. The van der Waals surface area contributed by atoms with Crippen molar-refractivity contribution in [3.63, 3.8) is 0 Å². The number of aryl methyl sites for hydroxylation is 1. The average Bonchev–Trinajstić information content (AvgIpc) is 2.61. The van der Waals surface area contributed by atoms with Gasteiger partial charge >= 0.3 is 0 Å². The quantitative estimate of drug-likeness (QED) is 0.604. The minimum absolute atomic E-state index is 0.103. The van der Waals surface area contributed by atoms with Crippen LogP contribution in [0.15, 0.2) is 47.6 Å². The molecule has 0 aliphatic carbocycles. The number of hydrogen-bond donors (Lipinski definition) is 2. The number of hydrogen-bond acceptors (Lipinski definition) is 5. The molecule has 2 N–H and O–H groups in total. The SMILES string of the molecule is COc1cccc(CCC(=O)N/N=C/c2ccc(O)cc2OC)c1. The molecule has 2 rings (SSSR count). The third kappa shape index (κ3) is 5.01. The Morgan fingerprint density at radius 1 is 1.21 bits per heavy atom. The molecule has 0 spiro atoms. The molecule has 0 saturated carbocycles. The minimum atomic E-state index is -0.188. The summed E-state index contributed by atoms with van der Waals surface area (Å²) in [5.41, 5.74) is 4.15. The van der Waals surface area contributed by atoms with Crippen LogP contribution < -0.4 is 14.9 Å².